The molecule has 0 saturated heterocycles. The Kier molecular flexibility index (Phi) is 3.88. The summed E-state index contributed by atoms with van der Waals surface area (Å²) in [6.45, 7) is 7.08. The summed E-state index contributed by atoms with van der Waals surface area (Å²) in [4.78, 5) is 5.55. The summed E-state index contributed by atoms with van der Waals surface area (Å²) in [7, 11) is 0. The smallest absolute Gasteiger partial charge is 0.0794 e. The van der Waals surface area contributed by atoms with Crippen molar-refractivity contribution < 1.29 is 0 Å². The average Bonchev–Trinajstić information content (AvgIpc) is 2.72. The lowest BCUT2D eigenvalue weighted by molar-refractivity contribution is 0.127. The summed E-state index contributed by atoms with van der Waals surface area (Å²) in [6.07, 6.45) is 6.88. The van der Waals surface area contributed by atoms with E-state index in [1.54, 1.807) is 11.3 Å². The predicted molar refractivity (Wildman–Crippen MR) is 74.1 cm³/mol. The maximum absolute atomic E-state index is 6.29. The topological polar surface area (TPSA) is 38.9 Å². The second kappa shape index (κ2) is 5.07. The summed E-state index contributed by atoms with van der Waals surface area (Å²) in [5, 5.41) is 0. The third-order valence-corrected chi connectivity index (χ3v) is 5.01. The second-order valence-electron chi connectivity index (χ2n) is 6.47. The molecule has 0 bridgehead atoms. The Bertz CT molecular complexity index is 340. The molecule has 0 aromatic carbocycles. The van der Waals surface area contributed by atoms with Gasteiger partial charge in [0.15, 0.2) is 0 Å². The maximum Gasteiger partial charge on any atom is 0.0794 e. The first-order valence-electron chi connectivity index (χ1n) is 6.60. The van der Waals surface area contributed by atoms with Crippen LogP contribution < -0.4 is 5.73 Å². The molecule has 2 rings (SSSR count). The summed E-state index contributed by atoms with van der Waals surface area (Å²) in [5.41, 5.74) is 8.63. The van der Waals surface area contributed by atoms with Crippen molar-refractivity contribution in [1.29, 1.82) is 0 Å². The Morgan fingerprint density at radius 3 is 2.76 bits per heavy atom. The number of nitrogens with zero attached hydrogens (tertiary/aromatic N) is 1. The van der Waals surface area contributed by atoms with Gasteiger partial charge in [0.05, 0.1) is 5.51 Å². The van der Waals surface area contributed by atoms with E-state index >= 15 is 0 Å². The monoisotopic (exact) mass is 252 g/mol. The van der Waals surface area contributed by atoms with Crippen LogP contribution in [0.15, 0.2) is 11.7 Å². The molecular formula is C14H24N2S. The molecule has 1 aromatic heterocycles. The fourth-order valence-corrected chi connectivity index (χ4v) is 3.60. The van der Waals surface area contributed by atoms with Crippen molar-refractivity contribution in [3.05, 3.63) is 16.6 Å². The number of hydrogen-bond donors (Lipinski definition) is 1. The van der Waals surface area contributed by atoms with E-state index < -0.39 is 0 Å². The van der Waals surface area contributed by atoms with Crippen LogP contribution in [0.25, 0.3) is 0 Å². The Labute approximate surface area is 109 Å². The third-order valence-electron chi connectivity index (χ3n) is 4.21. The number of thiazole rings is 1. The number of aromatic nitrogens is 1. The predicted octanol–water partition coefficient (Wildman–Crippen LogP) is 3.48. The fraction of sp³-hybridized carbons (Fsp3) is 0.786. The summed E-state index contributed by atoms with van der Waals surface area (Å²) >= 11 is 1.76. The Balaban J connectivity index is 2.00. The van der Waals surface area contributed by atoms with Crippen LogP contribution in [-0.2, 0) is 6.42 Å². The zero-order valence-electron chi connectivity index (χ0n) is 11.1. The van der Waals surface area contributed by atoms with E-state index in [0.29, 0.717) is 17.4 Å². The molecule has 17 heavy (non-hydrogen) atoms. The minimum Gasteiger partial charge on any atom is -0.327 e. The molecule has 0 radical (unpaired) electrons. The van der Waals surface area contributed by atoms with Crippen LogP contribution in [0.3, 0.4) is 0 Å². The van der Waals surface area contributed by atoms with Gasteiger partial charge in [0.1, 0.15) is 0 Å². The highest BCUT2D eigenvalue weighted by Crippen LogP contribution is 2.40. The second-order valence-corrected chi connectivity index (χ2v) is 7.44. The van der Waals surface area contributed by atoms with Crippen molar-refractivity contribution in [2.24, 2.45) is 23.0 Å². The first-order valence-corrected chi connectivity index (χ1v) is 7.47. The largest absolute Gasteiger partial charge is 0.327 e. The molecule has 0 spiro atoms. The molecule has 2 N–H and O–H groups in total. The van der Waals surface area contributed by atoms with Crippen molar-refractivity contribution in [3.63, 3.8) is 0 Å². The normalized spacial score (nSPS) is 30.5. The van der Waals surface area contributed by atoms with Crippen molar-refractivity contribution in [3.8, 4) is 0 Å². The SMILES string of the molecule is CC(C)(C)C1CCC(N)C(Cc2cncs2)C1. The van der Waals surface area contributed by atoms with Gasteiger partial charge < -0.3 is 5.73 Å². The molecule has 3 heteroatoms. The van der Waals surface area contributed by atoms with Crippen LogP contribution in [-0.4, -0.2) is 11.0 Å². The Morgan fingerprint density at radius 1 is 1.41 bits per heavy atom. The van der Waals surface area contributed by atoms with E-state index in [9.17, 15) is 0 Å². The van der Waals surface area contributed by atoms with Gasteiger partial charge in [-0.05, 0) is 42.9 Å². The van der Waals surface area contributed by atoms with E-state index in [1.807, 2.05) is 11.7 Å². The molecule has 1 aliphatic carbocycles. The molecule has 3 atom stereocenters. The number of nitrogens with two attached hydrogens (primary N) is 1. The lowest BCUT2D eigenvalue weighted by Crippen LogP contribution is -2.40. The quantitative estimate of drug-likeness (QED) is 0.875. The first kappa shape index (κ1) is 13.0. The molecule has 3 unspecified atom stereocenters. The Hall–Kier alpha value is -0.410. The molecule has 1 heterocycles. The third kappa shape index (κ3) is 3.29. The molecule has 0 amide bonds. The first-order chi connectivity index (χ1) is 7.97. The summed E-state index contributed by atoms with van der Waals surface area (Å²) in [6, 6.07) is 0.385. The number of rotatable bonds is 2. The van der Waals surface area contributed by atoms with Crippen molar-refractivity contribution >= 4 is 11.3 Å². The molecule has 1 aliphatic rings. The van der Waals surface area contributed by atoms with Crippen LogP contribution in [0.5, 0.6) is 0 Å². The Morgan fingerprint density at radius 2 is 2.18 bits per heavy atom. The summed E-state index contributed by atoms with van der Waals surface area (Å²) in [5.74, 6) is 1.47. The van der Waals surface area contributed by atoms with Crippen molar-refractivity contribution in [2.75, 3.05) is 0 Å². The van der Waals surface area contributed by atoms with Gasteiger partial charge >= 0.3 is 0 Å². The van der Waals surface area contributed by atoms with Crippen molar-refractivity contribution in [1.82, 2.24) is 4.98 Å². The van der Waals surface area contributed by atoms with Gasteiger partial charge in [-0.1, -0.05) is 20.8 Å². The van der Waals surface area contributed by atoms with Gasteiger partial charge in [-0.15, -0.1) is 11.3 Å². The molecule has 1 fully saturated rings. The van der Waals surface area contributed by atoms with Crippen LogP contribution in [0.4, 0.5) is 0 Å². The summed E-state index contributed by atoms with van der Waals surface area (Å²) < 4.78 is 0. The van der Waals surface area contributed by atoms with Crippen LogP contribution in [0.1, 0.15) is 44.9 Å². The van der Waals surface area contributed by atoms with Gasteiger partial charge in [0, 0.05) is 17.1 Å². The van der Waals surface area contributed by atoms with Crippen LogP contribution in [0, 0.1) is 17.3 Å². The van der Waals surface area contributed by atoms with E-state index in [-0.39, 0.29) is 0 Å². The van der Waals surface area contributed by atoms with E-state index in [4.69, 9.17) is 5.73 Å². The molecule has 96 valence electrons. The standard InChI is InChI=1S/C14H24N2S/c1-14(2,3)11-4-5-13(15)10(6-11)7-12-8-16-9-17-12/h8-11,13H,4-7,15H2,1-3H3. The van der Waals surface area contributed by atoms with E-state index in [1.165, 1.54) is 24.1 Å². The lowest BCUT2D eigenvalue weighted by atomic mass is 9.67. The molecule has 1 saturated carbocycles. The number of hydrogen-bond acceptors (Lipinski definition) is 3. The van der Waals surface area contributed by atoms with Crippen LogP contribution >= 0.6 is 11.3 Å². The van der Waals surface area contributed by atoms with Crippen molar-refractivity contribution in [2.45, 2.75) is 52.5 Å². The van der Waals surface area contributed by atoms with Crippen LogP contribution in [0.2, 0.25) is 0 Å². The zero-order valence-corrected chi connectivity index (χ0v) is 12.0. The zero-order chi connectivity index (χ0) is 12.5. The molecule has 0 aliphatic heterocycles. The highest BCUT2D eigenvalue weighted by atomic mass is 32.1. The van der Waals surface area contributed by atoms with Gasteiger partial charge in [-0.3, -0.25) is 4.98 Å². The minimum atomic E-state index is 0.385. The van der Waals surface area contributed by atoms with Gasteiger partial charge in [0.25, 0.3) is 0 Å². The highest BCUT2D eigenvalue weighted by Gasteiger charge is 2.34. The van der Waals surface area contributed by atoms with E-state index in [0.717, 1.165) is 12.3 Å². The average molecular weight is 252 g/mol. The van der Waals surface area contributed by atoms with E-state index in [2.05, 4.69) is 25.8 Å². The fourth-order valence-electron chi connectivity index (χ4n) is 2.91. The minimum absolute atomic E-state index is 0.385. The highest BCUT2D eigenvalue weighted by molar-refractivity contribution is 7.09. The molecule has 2 nitrogen and oxygen atoms in total. The molecule has 1 aromatic rings. The molecular weight excluding hydrogens is 228 g/mol. The van der Waals surface area contributed by atoms with Gasteiger partial charge in [-0.25, -0.2) is 0 Å². The van der Waals surface area contributed by atoms with Gasteiger partial charge in [-0.2, -0.15) is 0 Å². The maximum atomic E-state index is 6.29. The lowest BCUT2D eigenvalue weighted by Gasteiger charge is -2.40. The van der Waals surface area contributed by atoms with Gasteiger partial charge in [0.2, 0.25) is 0 Å².